The average molecular weight is 135 g/mol. The van der Waals surface area contributed by atoms with Crippen molar-refractivity contribution in [1.82, 2.24) is 0 Å². The van der Waals surface area contributed by atoms with Gasteiger partial charge in [0.2, 0.25) is 0 Å². The summed E-state index contributed by atoms with van der Waals surface area (Å²) in [4.78, 5) is 0. The first-order valence-corrected chi connectivity index (χ1v) is 3.48. The zero-order valence-electron chi connectivity index (χ0n) is 6.54. The van der Waals surface area contributed by atoms with Crippen LogP contribution in [0, 0.1) is 17.2 Å². The fourth-order valence-corrected chi connectivity index (χ4v) is 0.742. The van der Waals surface area contributed by atoms with Gasteiger partial charge < -0.3 is 0 Å². The van der Waals surface area contributed by atoms with E-state index in [1.807, 2.05) is 25.1 Å². The lowest BCUT2D eigenvalue weighted by Crippen LogP contribution is -1.84. The molecule has 54 valence electrons. The Balaban J connectivity index is 3.50. The number of nitriles is 1. The second-order valence-electron chi connectivity index (χ2n) is 2.27. The molecule has 0 bridgehead atoms. The first-order valence-electron chi connectivity index (χ1n) is 3.48. The molecule has 1 nitrogen and oxygen atoms in total. The van der Waals surface area contributed by atoms with E-state index < -0.39 is 0 Å². The third kappa shape index (κ3) is 5.11. The van der Waals surface area contributed by atoms with Gasteiger partial charge in [0.05, 0.1) is 6.07 Å². The molecule has 0 radical (unpaired) electrons. The van der Waals surface area contributed by atoms with Crippen LogP contribution >= 0.6 is 0 Å². The topological polar surface area (TPSA) is 23.8 Å². The fraction of sp³-hybridized carbons (Fsp3) is 0.444. The van der Waals surface area contributed by atoms with Crippen LogP contribution in [0.1, 0.15) is 20.3 Å². The van der Waals surface area contributed by atoms with E-state index >= 15 is 0 Å². The molecule has 0 amide bonds. The number of hydrogen-bond donors (Lipinski definition) is 0. The Kier molecular flexibility index (Phi) is 5.47. The first kappa shape index (κ1) is 8.97. The lowest BCUT2D eigenvalue weighted by atomic mass is 10.1. The van der Waals surface area contributed by atoms with Crippen molar-refractivity contribution in [3.63, 3.8) is 0 Å². The van der Waals surface area contributed by atoms with E-state index in [1.54, 1.807) is 0 Å². The van der Waals surface area contributed by atoms with Crippen LogP contribution in [-0.2, 0) is 0 Å². The number of allylic oxidation sites excluding steroid dienone is 4. The summed E-state index contributed by atoms with van der Waals surface area (Å²) in [5.41, 5.74) is 0. The minimum atomic E-state index is 0.551. The Morgan fingerprint density at radius 2 is 2.30 bits per heavy atom. The summed E-state index contributed by atoms with van der Waals surface area (Å²) in [6.07, 6.45) is 8.54. The molecule has 0 aliphatic carbocycles. The maximum absolute atomic E-state index is 8.15. The molecule has 0 rings (SSSR count). The smallest absolute Gasteiger partial charge is 0.0908 e. The van der Waals surface area contributed by atoms with Crippen molar-refractivity contribution in [2.24, 2.45) is 5.92 Å². The zero-order chi connectivity index (χ0) is 7.82. The van der Waals surface area contributed by atoms with Crippen molar-refractivity contribution >= 4 is 0 Å². The third-order valence-electron chi connectivity index (χ3n) is 1.22. The lowest BCUT2D eigenvalue weighted by Gasteiger charge is -1.97. The molecule has 0 N–H and O–H groups in total. The molecule has 0 aromatic carbocycles. The third-order valence-corrected chi connectivity index (χ3v) is 1.22. The average Bonchev–Trinajstić information content (AvgIpc) is 1.89. The summed E-state index contributed by atoms with van der Waals surface area (Å²) >= 11 is 0. The van der Waals surface area contributed by atoms with E-state index in [1.165, 1.54) is 6.08 Å². The highest BCUT2D eigenvalue weighted by molar-refractivity contribution is 5.03. The Labute approximate surface area is 62.7 Å². The summed E-state index contributed by atoms with van der Waals surface area (Å²) < 4.78 is 0. The minimum Gasteiger partial charge on any atom is -0.193 e. The summed E-state index contributed by atoms with van der Waals surface area (Å²) in [6.45, 7) is 4.13. The second-order valence-corrected chi connectivity index (χ2v) is 2.27. The molecule has 10 heavy (non-hydrogen) atoms. The van der Waals surface area contributed by atoms with Crippen LogP contribution in [0.15, 0.2) is 24.3 Å². The molecule has 1 atom stereocenters. The van der Waals surface area contributed by atoms with Crippen LogP contribution in [-0.4, -0.2) is 0 Å². The highest BCUT2D eigenvalue weighted by Crippen LogP contribution is 2.03. The van der Waals surface area contributed by atoms with Gasteiger partial charge in [-0.3, -0.25) is 0 Å². The van der Waals surface area contributed by atoms with Gasteiger partial charge in [-0.15, -0.1) is 0 Å². The largest absolute Gasteiger partial charge is 0.193 e. The van der Waals surface area contributed by atoms with E-state index in [9.17, 15) is 0 Å². The van der Waals surface area contributed by atoms with E-state index in [0.29, 0.717) is 5.92 Å². The molecule has 0 spiro atoms. The maximum Gasteiger partial charge on any atom is 0.0908 e. The van der Waals surface area contributed by atoms with E-state index in [4.69, 9.17) is 5.26 Å². The summed E-state index contributed by atoms with van der Waals surface area (Å²) in [5.74, 6) is 0.551. The number of hydrogen-bond acceptors (Lipinski definition) is 1. The van der Waals surface area contributed by atoms with Gasteiger partial charge in [-0.1, -0.05) is 25.2 Å². The van der Waals surface area contributed by atoms with Gasteiger partial charge in [0.1, 0.15) is 0 Å². The van der Waals surface area contributed by atoms with Crippen LogP contribution in [0.4, 0.5) is 0 Å². The van der Waals surface area contributed by atoms with Crippen molar-refractivity contribution in [2.45, 2.75) is 20.3 Å². The highest BCUT2D eigenvalue weighted by Gasteiger charge is 1.89. The van der Waals surface area contributed by atoms with Gasteiger partial charge in [-0.2, -0.15) is 5.26 Å². The quantitative estimate of drug-likeness (QED) is 0.431. The molecule has 0 saturated carbocycles. The highest BCUT2D eigenvalue weighted by atomic mass is 14.2. The first-order chi connectivity index (χ1) is 4.81. The van der Waals surface area contributed by atoms with Gasteiger partial charge in [0, 0.05) is 6.08 Å². The van der Waals surface area contributed by atoms with Gasteiger partial charge in [0.15, 0.2) is 0 Å². The lowest BCUT2D eigenvalue weighted by molar-refractivity contribution is 0.743. The van der Waals surface area contributed by atoms with E-state index in [-0.39, 0.29) is 0 Å². The molecule has 0 aromatic heterocycles. The summed E-state index contributed by atoms with van der Waals surface area (Å²) in [5, 5.41) is 8.15. The molecular weight excluding hydrogens is 122 g/mol. The Morgan fingerprint density at radius 1 is 1.60 bits per heavy atom. The molecular formula is C9H13N. The maximum atomic E-state index is 8.15. The van der Waals surface area contributed by atoms with Gasteiger partial charge in [-0.05, 0) is 19.3 Å². The van der Waals surface area contributed by atoms with Gasteiger partial charge >= 0.3 is 0 Å². The van der Waals surface area contributed by atoms with E-state index in [0.717, 1.165) is 6.42 Å². The summed E-state index contributed by atoms with van der Waals surface area (Å²) in [7, 11) is 0. The van der Waals surface area contributed by atoms with Gasteiger partial charge in [-0.25, -0.2) is 0 Å². The molecule has 1 unspecified atom stereocenters. The molecule has 0 saturated heterocycles. The zero-order valence-corrected chi connectivity index (χ0v) is 6.54. The van der Waals surface area contributed by atoms with Crippen LogP contribution in [0.5, 0.6) is 0 Å². The van der Waals surface area contributed by atoms with Crippen LogP contribution in [0.2, 0.25) is 0 Å². The standard InChI is InChI=1S/C9H13N/c1-3-6-9(2)7-4-5-8-10/h3-6,9H,7H2,1-2H3/b5-4+,6-3-. The molecule has 0 aromatic rings. The second kappa shape index (κ2) is 6.10. The summed E-state index contributed by atoms with van der Waals surface area (Å²) in [6, 6.07) is 1.96. The number of rotatable bonds is 3. The van der Waals surface area contributed by atoms with Crippen LogP contribution in [0.3, 0.4) is 0 Å². The monoisotopic (exact) mass is 135 g/mol. The molecule has 1 heteroatoms. The Bertz CT molecular complexity index is 160. The fourth-order valence-electron chi connectivity index (χ4n) is 0.742. The van der Waals surface area contributed by atoms with Crippen molar-refractivity contribution in [1.29, 1.82) is 5.26 Å². The normalized spacial score (nSPS) is 14.1. The Morgan fingerprint density at radius 3 is 2.80 bits per heavy atom. The van der Waals surface area contributed by atoms with Crippen LogP contribution in [0.25, 0.3) is 0 Å². The van der Waals surface area contributed by atoms with E-state index in [2.05, 4.69) is 13.0 Å². The van der Waals surface area contributed by atoms with Crippen molar-refractivity contribution in [3.8, 4) is 6.07 Å². The predicted octanol–water partition coefficient (Wildman–Crippen LogP) is 2.67. The van der Waals surface area contributed by atoms with Crippen molar-refractivity contribution in [2.75, 3.05) is 0 Å². The molecule has 0 aliphatic heterocycles. The number of nitrogens with zero attached hydrogens (tertiary/aromatic N) is 1. The minimum absolute atomic E-state index is 0.551. The van der Waals surface area contributed by atoms with Gasteiger partial charge in [0.25, 0.3) is 0 Å². The predicted molar refractivity (Wildman–Crippen MR) is 43.3 cm³/mol. The Hall–Kier alpha value is -1.03. The molecule has 0 fully saturated rings. The molecule has 0 heterocycles. The SMILES string of the molecule is C/C=C\C(C)C/C=C/C#N. The van der Waals surface area contributed by atoms with Crippen molar-refractivity contribution in [3.05, 3.63) is 24.3 Å². The van der Waals surface area contributed by atoms with Crippen LogP contribution < -0.4 is 0 Å². The van der Waals surface area contributed by atoms with Crippen molar-refractivity contribution < 1.29 is 0 Å². The molecule has 0 aliphatic rings.